The summed E-state index contributed by atoms with van der Waals surface area (Å²) in [6, 6.07) is 13.5. The van der Waals surface area contributed by atoms with Crippen molar-refractivity contribution in [3.8, 4) is 28.3 Å². The number of aromatic nitrogens is 2. The molecule has 0 spiro atoms. The molecule has 1 heterocycles. The van der Waals surface area contributed by atoms with Crippen LogP contribution in [0, 0.1) is 11.7 Å². The summed E-state index contributed by atoms with van der Waals surface area (Å²) in [5.74, 6) is 1.28. The molecule has 0 aliphatic carbocycles. The third kappa shape index (κ3) is 8.76. The van der Waals surface area contributed by atoms with E-state index in [0.29, 0.717) is 29.7 Å². The second-order valence-electron chi connectivity index (χ2n) is 9.68. The van der Waals surface area contributed by atoms with Gasteiger partial charge in [-0.2, -0.15) is 0 Å². The summed E-state index contributed by atoms with van der Waals surface area (Å²) in [7, 11) is 0. The lowest BCUT2D eigenvalue weighted by atomic mass is 10.0. The third-order valence-corrected chi connectivity index (χ3v) is 6.58. The molecular formula is C31H41FN2O. The minimum atomic E-state index is -0.363. The van der Waals surface area contributed by atoms with E-state index in [1.54, 1.807) is 24.5 Å². The molecular weight excluding hydrogens is 435 g/mol. The van der Waals surface area contributed by atoms with E-state index in [1.807, 2.05) is 0 Å². The van der Waals surface area contributed by atoms with Crippen LogP contribution in [0.15, 0.2) is 54.9 Å². The summed E-state index contributed by atoms with van der Waals surface area (Å²) in [5, 5.41) is 0. The molecule has 0 fully saturated rings. The van der Waals surface area contributed by atoms with Crippen LogP contribution >= 0.6 is 0 Å². The minimum Gasteiger partial charge on any atom is -0.493 e. The van der Waals surface area contributed by atoms with Gasteiger partial charge in [0.05, 0.1) is 12.2 Å². The first-order valence-electron chi connectivity index (χ1n) is 13.4. The van der Waals surface area contributed by atoms with Gasteiger partial charge in [0, 0.05) is 24.0 Å². The Morgan fingerprint density at radius 2 is 1.54 bits per heavy atom. The van der Waals surface area contributed by atoms with Crippen LogP contribution in [0.3, 0.4) is 0 Å². The number of rotatable bonds is 15. The maximum Gasteiger partial charge on any atom is 0.162 e. The third-order valence-electron chi connectivity index (χ3n) is 6.58. The van der Waals surface area contributed by atoms with Crippen molar-refractivity contribution in [2.45, 2.75) is 85.0 Å². The number of hydrogen-bond acceptors (Lipinski definition) is 3. The van der Waals surface area contributed by atoms with Crippen molar-refractivity contribution in [2.24, 2.45) is 5.92 Å². The molecule has 188 valence electrons. The standard InChI is InChI=1S/C31H41FN2O/c1-4-6-7-8-9-13-25-14-16-26(17-15-25)27-22-33-31(34-23-27)29-19-18-28(21-30(29)32)35-20-10-12-24(3)11-5-2/h14-19,21-24H,4-13,20H2,1-3H3. The lowest BCUT2D eigenvalue weighted by Crippen LogP contribution is -2.02. The van der Waals surface area contributed by atoms with Crippen LogP contribution in [0.25, 0.3) is 22.5 Å². The van der Waals surface area contributed by atoms with E-state index < -0.39 is 0 Å². The Morgan fingerprint density at radius 3 is 2.23 bits per heavy atom. The molecule has 4 heteroatoms. The van der Waals surface area contributed by atoms with Crippen molar-refractivity contribution in [2.75, 3.05) is 6.61 Å². The van der Waals surface area contributed by atoms with Gasteiger partial charge >= 0.3 is 0 Å². The van der Waals surface area contributed by atoms with Gasteiger partial charge in [-0.3, -0.25) is 0 Å². The maximum atomic E-state index is 14.8. The fraction of sp³-hybridized carbons (Fsp3) is 0.484. The van der Waals surface area contributed by atoms with Crippen LogP contribution in [0.4, 0.5) is 4.39 Å². The van der Waals surface area contributed by atoms with Crippen LogP contribution in [-0.2, 0) is 6.42 Å². The molecule has 0 amide bonds. The van der Waals surface area contributed by atoms with Crippen LogP contribution < -0.4 is 4.74 Å². The monoisotopic (exact) mass is 476 g/mol. The molecule has 0 saturated heterocycles. The number of halogens is 1. The highest BCUT2D eigenvalue weighted by Gasteiger charge is 2.11. The minimum absolute atomic E-state index is 0.363. The molecule has 3 rings (SSSR count). The van der Waals surface area contributed by atoms with E-state index in [9.17, 15) is 4.39 Å². The Kier molecular flexibility index (Phi) is 11.2. The van der Waals surface area contributed by atoms with Crippen LogP contribution in [0.5, 0.6) is 5.75 Å². The van der Waals surface area contributed by atoms with Crippen LogP contribution in [0.1, 0.15) is 84.1 Å². The summed E-state index contributed by atoms with van der Waals surface area (Å²) in [4.78, 5) is 8.87. The van der Waals surface area contributed by atoms with Gasteiger partial charge in [0.2, 0.25) is 0 Å². The van der Waals surface area contributed by atoms with Gasteiger partial charge in [0.1, 0.15) is 11.6 Å². The van der Waals surface area contributed by atoms with Crippen molar-refractivity contribution < 1.29 is 9.13 Å². The summed E-state index contributed by atoms with van der Waals surface area (Å²) in [6.45, 7) is 7.33. The zero-order chi connectivity index (χ0) is 24.9. The quantitative estimate of drug-likeness (QED) is 0.205. The molecule has 0 saturated carbocycles. The van der Waals surface area contributed by atoms with Crippen molar-refractivity contribution in [1.29, 1.82) is 0 Å². The number of hydrogen-bond donors (Lipinski definition) is 0. The van der Waals surface area contributed by atoms with E-state index in [0.717, 1.165) is 30.4 Å². The van der Waals surface area contributed by atoms with Gasteiger partial charge in [-0.05, 0) is 54.9 Å². The van der Waals surface area contributed by atoms with E-state index in [-0.39, 0.29) is 5.82 Å². The summed E-state index contributed by atoms with van der Waals surface area (Å²) in [6.07, 6.45) is 15.7. The summed E-state index contributed by atoms with van der Waals surface area (Å²) in [5.41, 5.74) is 3.76. The Morgan fingerprint density at radius 1 is 0.800 bits per heavy atom. The van der Waals surface area contributed by atoms with Gasteiger partial charge in [-0.1, -0.05) is 83.6 Å². The fourth-order valence-corrected chi connectivity index (χ4v) is 4.44. The van der Waals surface area contributed by atoms with Gasteiger partial charge in [0.25, 0.3) is 0 Å². The highest BCUT2D eigenvalue weighted by molar-refractivity contribution is 5.64. The Bertz CT molecular complexity index is 1000. The highest BCUT2D eigenvalue weighted by atomic mass is 19.1. The molecule has 3 nitrogen and oxygen atoms in total. The first-order valence-corrected chi connectivity index (χ1v) is 13.4. The van der Waals surface area contributed by atoms with E-state index in [1.165, 1.54) is 56.6 Å². The molecule has 0 bridgehead atoms. The normalized spacial score (nSPS) is 12.0. The predicted molar refractivity (Wildman–Crippen MR) is 144 cm³/mol. The topological polar surface area (TPSA) is 35.0 Å². The molecule has 0 radical (unpaired) electrons. The van der Waals surface area contributed by atoms with Gasteiger partial charge in [-0.15, -0.1) is 0 Å². The predicted octanol–water partition coefficient (Wildman–Crippen LogP) is 9.06. The largest absolute Gasteiger partial charge is 0.493 e. The van der Waals surface area contributed by atoms with E-state index >= 15 is 0 Å². The molecule has 0 N–H and O–H groups in total. The zero-order valence-electron chi connectivity index (χ0n) is 21.7. The van der Waals surface area contributed by atoms with Crippen LogP contribution in [0.2, 0.25) is 0 Å². The average molecular weight is 477 g/mol. The molecule has 0 aliphatic rings. The van der Waals surface area contributed by atoms with Crippen molar-refractivity contribution in [3.05, 3.63) is 66.2 Å². The number of unbranched alkanes of at least 4 members (excludes halogenated alkanes) is 4. The van der Waals surface area contributed by atoms with Gasteiger partial charge in [-0.25, -0.2) is 14.4 Å². The van der Waals surface area contributed by atoms with Gasteiger partial charge < -0.3 is 4.74 Å². The zero-order valence-corrected chi connectivity index (χ0v) is 21.7. The molecule has 35 heavy (non-hydrogen) atoms. The first-order chi connectivity index (χ1) is 17.1. The number of aryl methyl sites for hydroxylation is 1. The first kappa shape index (κ1) is 26.8. The van der Waals surface area contributed by atoms with Crippen LogP contribution in [-0.4, -0.2) is 16.6 Å². The van der Waals surface area contributed by atoms with Crippen molar-refractivity contribution in [1.82, 2.24) is 9.97 Å². The lowest BCUT2D eigenvalue weighted by Gasteiger charge is -2.11. The second kappa shape index (κ2) is 14.6. The van der Waals surface area contributed by atoms with E-state index in [2.05, 4.69) is 55.0 Å². The Balaban J connectivity index is 1.53. The number of benzene rings is 2. The SMILES string of the molecule is CCCCCCCc1ccc(-c2cnc(-c3ccc(OCCCC(C)CCC)cc3F)nc2)cc1. The second-order valence-corrected chi connectivity index (χ2v) is 9.68. The fourth-order valence-electron chi connectivity index (χ4n) is 4.44. The molecule has 1 aromatic heterocycles. The summed E-state index contributed by atoms with van der Waals surface area (Å²) < 4.78 is 20.5. The Hall–Kier alpha value is -2.75. The highest BCUT2D eigenvalue weighted by Crippen LogP contribution is 2.26. The van der Waals surface area contributed by atoms with Crippen molar-refractivity contribution in [3.63, 3.8) is 0 Å². The smallest absolute Gasteiger partial charge is 0.162 e. The average Bonchev–Trinajstić information content (AvgIpc) is 2.87. The van der Waals surface area contributed by atoms with Gasteiger partial charge in [0.15, 0.2) is 5.82 Å². The summed E-state index contributed by atoms with van der Waals surface area (Å²) >= 11 is 0. The lowest BCUT2D eigenvalue weighted by molar-refractivity contribution is 0.291. The van der Waals surface area contributed by atoms with E-state index in [4.69, 9.17) is 4.74 Å². The maximum absolute atomic E-state index is 14.8. The molecule has 1 unspecified atom stereocenters. The Labute approximate surface area is 211 Å². The molecule has 1 atom stereocenters. The number of ether oxygens (including phenoxy) is 1. The van der Waals surface area contributed by atoms with Crippen molar-refractivity contribution >= 4 is 0 Å². The number of nitrogens with zero attached hydrogens (tertiary/aromatic N) is 2. The molecule has 2 aromatic carbocycles. The molecule has 3 aromatic rings. The molecule has 0 aliphatic heterocycles.